The first kappa shape index (κ1) is 13.3. The predicted molar refractivity (Wildman–Crippen MR) is 50.8 cm³/mol. The molecule has 0 rings (SSSR count). The van der Waals surface area contributed by atoms with E-state index in [1.165, 1.54) is 13.8 Å². The van der Waals surface area contributed by atoms with Gasteiger partial charge in [0.25, 0.3) is 0 Å². The van der Waals surface area contributed by atoms with E-state index in [1.54, 1.807) is 4.72 Å². The zero-order chi connectivity index (χ0) is 11.6. The first-order chi connectivity index (χ1) is 6.01. The number of sulfonamides is 1. The molecule has 84 valence electrons. The zero-order valence-electron chi connectivity index (χ0n) is 8.37. The monoisotopic (exact) mass is 226 g/mol. The van der Waals surface area contributed by atoms with Gasteiger partial charge in [-0.05, 0) is 13.8 Å². The molecule has 0 heterocycles. The van der Waals surface area contributed by atoms with Gasteiger partial charge in [0.15, 0.2) is 0 Å². The van der Waals surface area contributed by atoms with Gasteiger partial charge in [-0.1, -0.05) is 0 Å². The van der Waals surface area contributed by atoms with Gasteiger partial charge >= 0.3 is 0 Å². The van der Waals surface area contributed by atoms with Crippen LogP contribution >= 0.6 is 0 Å². The van der Waals surface area contributed by atoms with Crippen molar-refractivity contribution in [2.24, 2.45) is 5.73 Å². The fourth-order valence-electron chi connectivity index (χ4n) is 0.874. The third kappa shape index (κ3) is 6.79. The molecular formula is C7H15FN2O3S. The molecule has 0 aromatic carbocycles. The summed E-state index contributed by atoms with van der Waals surface area (Å²) in [7, 11) is -3.63. The van der Waals surface area contributed by atoms with Crippen LogP contribution < -0.4 is 10.5 Å². The average Bonchev–Trinajstić information content (AvgIpc) is 1.78. The van der Waals surface area contributed by atoms with Crippen LogP contribution in [0.1, 0.15) is 20.3 Å². The zero-order valence-corrected chi connectivity index (χ0v) is 9.19. The van der Waals surface area contributed by atoms with Crippen molar-refractivity contribution in [3.8, 4) is 0 Å². The molecule has 1 amide bonds. The molecular weight excluding hydrogens is 211 g/mol. The van der Waals surface area contributed by atoms with Crippen molar-refractivity contribution in [2.75, 3.05) is 6.26 Å². The van der Waals surface area contributed by atoms with Crippen molar-refractivity contribution in [2.45, 2.75) is 32.0 Å². The minimum absolute atomic E-state index is 0.228. The number of hydrogen-bond acceptors (Lipinski definition) is 4. The number of halogens is 1. The van der Waals surface area contributed by atoms with Crippen LogP contribution in [0.3, 0.4) is 0 Å². The summed E-state index contributed by atoms with van der Waals surface area (Å²) >= 11 is 0. The number of nitrogens with one attached hydrogen (secondary N) is 1. The Hall–Kier alpha value is -0.690. The summed E-state index contributed by atoms with van der Waals surface area (Å²) in [6.07, 6.45) is 0.604. The van der Waals surface area contributed by atoms with Gasteiger partial charge in [-0.3, -0.25) is 9.52 Å². The Kier molecular flexibility index (Phi) is 4.01. The molecule has 0 aromatic rings. The molecule has 1 atom stereocenters. The molecule has 0 fully saturated rings. The van der Waals surface area contributed by atoms with Gasteiger partial charge in [-0.25, -0.2) is 12.8 Å². The average molecular weight is 226 g/mol. The molecule has 0 spiro atoms. The number of nitrogens with two attached hydrogens (primary N) is 1. The topological polar surface area (TPSA) is 89.3 Å². The van der Waals surface area contributed by atoms with Gasteiger partial charge in [-0.15, -0.1) is 0 Å². The van der Waals surface area contributed by atoms with Crippen LogP contribution in [0, 0.1) is 0 Å². The molecule has 5 nitrogen and oxygen atoms in total. The van der Waals surface area contributed by atoms with E-state index in [2.05, 4.69) is 0 Å². The Morgan fingerprint density at radius 3 is 2.29 bits per heavy atom. The summed E-state index contributed by atoms with van der Waals surface area (Å²) in [5, 5.41) is 0. The summed E-state index contributed by atoms with van der Waals surface area (Å²) < 4.78 is 36.0. The van der Waals surface area contributed by atoms with Crippen LogP contribution in [-0.4, -0.2) is 32.3 Å². The van der Waals surface area contributed by atoms with E-state index in [0.29, 0.717) is 0 Å². The minimum atomic E-state index is -3.63. The van der Waals surface area contributed by atoms with Crippen LogP contribution in [0.5, 0.6) is 0 Å². The summed E-state index contributed by atoms with van der Waals surface area (Å²) in [6, 6.07) is -1.16. The van der Waals surface area contributed by atoms with Gasteiger partial charge in [0.2, 0.25) is 15.9 Å². The van der Waals surface area contributed by atoms with Gasteiger partial charge in [0.1, 0.15) is 5.67 Å². The first-order valence-electron chi connectivity index (χ1n) is 3.97. The molecule has 14 heavy (non-hydrogen) atoms. The van der Waals surface area contributed by atoms with E-state index in [4.69, 9.17) is 5.73 Å². The Bertz CT molecular complexity index is 307. The fourth-order valence-corrected chi connectivity index (χ4v) is 1.39. The molecule has 1 unspecified atom stereocenters. The molecule has 0 aliphatic carbocycles. The van der Waals surface area contributed by atoms with Crippen molar-refractivity contribution in [3.05, 3.63) is 0 Å². The maximum Gasteiger partial charge on any atom is 0.250 e. The summed E-state index contributed by atoms with van der Waals surface area (Å²) in [5.74, 6) is -0.891. The second-order valence-corrected chi connectivity index (χ2v) is 5.52. The molecule has 0 radical (unpaired) electrons. The molecule has 0 bridgehead atoms. The smallest absolute Gasteiger partial charge is 0.250 e. The minimum Gasteiger partial charge on any atom is -0.320 e. The highest BCUT2D eigenvalue weighted by molar-refractivity contribution is 7.89. The SMILES string of the molecule is CC(C)(F)CC(N)C(=O)NS(C)(=O)=O. The Morgan fingerprint density at radius 2 is 2.00 bits per heavy atom. The Balaban J connectivity index is 4.29. The van der Waals surface area contributed by atoms with Gasteiger partial charge in [0.05, 0.1) is 12.3 Å². The van der Waals surface area contributed by atoms with Crippen molar-refractivity contribution in [1.82, 2.24) is 4.72 Å². The third-order valence-electron chi connectivity index (χ3n) is 1.33. The lowest BCUT2D eigenvalue weighted by molar-refractivity contribution is -0.121. The highest BCUT2D eigenvalue weighted by Crippen LogP contribution is 2.15. The van der Waals surface area contributed by atoms with E-state index in [1.807, 2.05) is 0 Å². The molecule has 3 N–H and O–H groups in total. The number of amides is 1. The normalized spacial score (nSPS) is 14.9. The molecule has 0 aliphatic heterocycles. The lowest BCUT2D eigenvalue weighted by Crippen LogP contribution is -2.45. The van der Waals surface area contributed by atoms with Crippen LogP contribution in [0.15, 0.2) is 0 Å². The van der Waals surface area contributed by atoms with Gasteiger partial charge < -0.3 is 5.73 Å². The predicted octanol–water partition coefficient (Wildman–Crippen LogP) is -0.472. The summed E-state index contributed by atoms with van der Waals surface area (Å²) in [5.41, 5.74) is 3.69. The van der Waals surface area contributed by atoms with Gasteiger partial charge in [-0.2, -0.15) is 0 Å². The lowest BCUT2D eigenvalue weighted by Gasteiger charge is -2.18. The quantitative estimate of drug-likeness (QED) is 0.678. The van der Waals surface area contributed by atoms with Crippen molar-refractivity contribution >= 4 is 15.9 Å². The number of alkyl halides is 1. The standard InChI is InChI=1S/C7H15FN2O3S/c1-7(2,8)4-5(9)6(11)10-14(3,12)13/h5H,4,9H2,1-3H3,(H,10,11). The van der Waals surface area contributed by atoms with E-state index < -0.39 is 27.6 Å². The van der Waals surface area contributed by atoms with Crippen LogP contribution in [0.2, 0.25) is 0 Å². The Labute approximate surface area is 82.9 Å². The van der Waals surface area contributed by atoms with E-state index in [9.17, 15) is 17.6 Å². The maximum absolute atomic E-state index is 13.0. The number of carbonyl (C=O) groups excluding carboxylic acids is 1. The second-order valence-electron chi connectivity index (χ2n) is 3.77. The largest absolute Gasteiger partial charge is 0.320 e. The van der Waals surface area contributed by atoms with Crippen molar-refractivity contribution in [1.29, 1.82) is 0 Å². The summed E-state index contributed by atoms with van der Waals surface area (Å²) in [6.45, 7) is 2.53. The van der Waals surface area contributed by atoms with Crippen LogP contribution in [0.25, 0.3) is 0 Å². The van der Waals surface area contributed by atoms with Crippen LogP contribution in [-0.2, 0) is 14.8 Å². The fraction of sp³-hybridized carbons (Fsp3) is 0.857. The van der Waals surface area contributed by atoms with Crippen LogP contribution in [0.4, 0.5) is 4.39 Å². The Morgan fingerprint density at radius 1 is 1.57 bits per heavy atom. The van der Waals surface area contributed by atoms with Gasteiger partial charge in [0, 0.05) is 6.42 Å². The second kappa shape index (κ2) is 4.22. The lowest BCUT2D eigenvalue weighted by atomic mass is 10.0. The molecule has 0 aliphatic rings. The number of rotatable bonds is 4. The van der Waals surface area contributed by atoms with E-state index >= 15 is 0 Å². The number of hydrogen-bond donors (Lipinski definition) is 2. The highest BCUT2D eigenvalue weighted by atomic mass is 32.2. The third-order valence-corrected chi connectivity index (χ3v) is 1.90. The highest BCUT2D eigenvalue weighted by Gasteiger charge is 2.25. The molecule has 7 heteroatoms. The molecule has 0 aromatic heterocycles. The van der Waals surface area contributed by atoms with Crippen molar-refractivity contribution < 1.29 is 17.6 Å². The first-order valence-corrected chi connectivity index (χ1v) is 5.86. The molecule has 0 saturated carbocycles. The van der Waals surface area contributed by atoms with E-state index in [-0.39, 0.29) is 6.42 Å². The molecule has 0 saturated heterocycles. The number of carbonyl (C=O) groups is 1. The van der Waals surface area contributed by atoms with Crippen molar-refractivity contribution in [3.63, 3.8) is 0 Å². The summed E-state index contributed by atoms with van der Waals surface area (Å²) in [4.78, 5) is 11.1. The van der Waals surface area contributed by atoms with E-state index in [0.717, 1.165) is 6.26 Å². The maximum atomic E-state index is 13.0.